The highest BCUT2D eigenvalue weighted by Gasteiger charge is 2.33. The summed E-state index contributed by atoms with van der Waals surface area (Å²) in [7, 11) is -4.54. The maximum atomic E-state index is 14.5. The Morgan fingerprint density at radius 2 is 1.72 bits per heavy atom. The third-order valence-corrected chi connectivity index (χ3v) is 5.73. The zero-order valence-electron chi connectivity index (χ0n) is 14.4. The van der Waals surface area contributed by atoms with Crippen LogP contribution in [0.1, 0.15) is 11.1 Å². The van der Waals surface area contributed by atoms with Crippen molar-refractivity contribution in [1.82, 2.24) is 4.57 Å². The average Bonchev–Trinajstić information content (AvgIpc) is 2.96. The molecule has 5 nitrogen and oxygen atoms in total. The van der Waals surface area contributed by atoms with E-state index in [0.29, 0.717) is 23.5 Å². The largest absolute Gasteiger partial charge is 0.416 e. The SMILES string of the molecule is Cc1ccc(-n2c(-c3cc(F)c(S(N)(=O)=O)cc3F)csc2=O)cc1C(F)(F)F. The van der Waals surface area contributed by atoms with E-state index in [2.05, 4.69) is 0 Å². The number of thiazole rings is 1. The molecule has 0 bridgehead atoms. The van der Waals surface area contributed by atoms with Gasteiger partial charge in [0.25, 0.3) is 0 Å². The van der Waals surface area contributed by atoms with E-state index < -0.39 is 48.7 Å². The van der Waals surface area contributed by atoms with Crippen LogP contribution in [0.25, 0.3) is 16.9 Å². The smallest absolute Gasteiger partial charge is 0.267 e. The first kappa shape index (κ1) is 21.1. The van der Waals surface area contributed by atoms with Crippen LogP contribution in [0.2, 0.25) is 0 Å². The van der Waals surface area contributed by atoms with Crippen LogP contribution in [-0.2, 0) is 16.2 Å². The normalized spacial score (nSPS) is 12.4. The average molecular weight is 450 g/mol. The topological polar surface area (TPSA) is 82.2 Å². The van der Waals surface area contributed by atoms with Crippen molar-refractivity contribution in [1.29, 1.82) is 0 Å². The molecule has 2 N–H and O–H groups in total. The van der Waals surface area contributed by atoms with Gasteiger partial charge in [-0.1, -0.05) is 17.4 Å². The van der Waals surface area contributed by atoms with Gasteiger partial charge in [0, 0.05) is 10.9 Å². The van der Waals surface area contributed by atoms with Crippen molar-refractivity contribution in [3.05, 3.63) is 68.1 Å². The second-order valence-electron chi connectivity index (χ2n) is 6.03. The molecule has 12 heteroatoms. The monoisotopic (exact) mass is 450 g/mol. The summed E-state index contributed by atoms with van der Waals surface area (Å²) >= 11 is 0.557. The molecule has 0 saturated heterocycles. The molecule has 2 aromatic carbocycles. The van der Waals surface area contributed by atoms with Gasteiger partial charge in [0.1, 0.15) is 16.5 Å². The highest BCUT2D eigenvalue weighted by atomic mass is 32.2. The van der Waals surface area contributed by atoms with Crippen molar-refractivity contribution in [2.45, 2.75) is 18.0 Å². The van der Waals surface area contributed by atoms with E-state index in [0.717, 1.165) is 22.1 Å². The molecule has 0 spiro atoms. The molecule has 0 aliphatic rings. The van der Waals surface area contributed by atoms with Crippen molar-refractivity contribution in [3.63, 3.8) is 0 Å². The number of nitrogens with zero attached hydrogens (tertiary/aromatic N) is 1. The van der Waals surface area contributed by atoms with E-state index in [-0.39, 0.29) is 16.9 Å². The Kier molecular flexibility index (Phi) is 5.13. The number of alkyl halides is 3. The van der Waals surface area contributed by atoms with Crippen molar-refractivity contribution in [2.75, 3.05) is 0 Å². The molecule has 154 valence electrons. The van der Waals surface area contributed by atoms with Gasteiger partial charge in [0.15, 0.2) is 0 Å². The fraction of sp³-hybridized carbons (Fsp3) is 0.118. The Balaban J connectivity index is 2.26. The number of hydrogen-bond acceptors (Lipinski definition) is 4. The highest BCUT2D eigenvalue weighted by Crippen LogP contribution is 2.34. The van der Waals surface area contributed by atoms with E-state index in [1.54, 1.807) is 0 Å². The minimum Gasteiger partial charge on any atom is -0.267 e. The zero-order chi connectivity index (χ0) is 21.7. The Morgan fingerprint density at radius 1 is 1.07 bits per heavy atom. The number of aryl methyl sites for hydroxylation is 1. The summed E-state index contributed by atoms with van der Waals surface area (Å²) in [5.74, 6) is -2.58. The van der Waals surface area contributed by atoms with Crippen LogP contribution in [0.15, 0.2) is 45.4 Å². The first-order chi connectivity index (χ1) is 13.3. The number of benzene rings is 2. The van der Waals surface area contributed by atoms with Gasteiger partial charge >= 0.3 is 11.0 Å². The number of sulfonamides is 1. The van der Waals surface area contributed by atoms with Gasteiger partial charge in [0.2, 0.25) is 10.0 Å². The van der Waals surface area contributed by atoms with Gasteiger partial charge < -0.3 is 0 Å². The summed E-state index contributed by atoms with van der Waals surface area (Å²) < 4.78 is 91.7. The lowest BCUT2D eigenvalue weighted by atomic mass is 10.1. The summed E-state index contributed by atoms with van der Waals surface area (Å²) in [6.07, 6.45) is -4.69. The quantitative estimate of drug-likeness (QED) is 0.616. The number of aromatic nitrogens is 1. The summed E-state index contributed by atoms with van der Waals surface area (Å²) in [4.78, 5) is 10.4. The zero-order valence-corrected chi connectivity index (χ0v) is 16.1. The maximum Gasteiger partial charge on any atom is 0.416 e. The van der Waals surface area contributed by atoms with Crippen LogP contribution in [0.4, 0.5) is 22.0 Å². The van der Waals surface area contributed by atoms with Crippen LogP contribution in [-0.4, -0.2) is 13.0 Å². The Bertz CT molecular complexity index is 1280. The molecule has 0 fully saturated rings. The van der Waals surface area contributed by atoms with E-state index in [9.17, 15) is 35.2 Å². The van der Waals surface area contributed by atoms with Crippen LogP contribution in [0.5, 0.6) is 0 Å². The highest BCUT2D eigenvalue weighted by molar-refractivity contribution is 7.89. The van der Waals surface area contributed by atoms with Crippen molar-refractivity contribution >= 4 is 21.4 Å². The Morgan fingerprint density at radius 3 is 2.31 bits per heavy atom. The molecule has 1 heterocycles. The van der Waals surface area contributed by atoms with Crippen molar-refractivity contribution in [2.24, 2.45) is 5.14 Å². The molecule has 1 aromatic heterocycles. The lowest BCUT2D eigenvalue weighted by molar-refractivity contribution is -0.138. The minimum atomic E-state index is -4.69. The van der Waals surface area contributed by atoms with Gasteiger partial charge in [-0.15, -0.1) is 0 Å². The number of primary sulfonamides is 1. The maximum absolute atomic E-state index is 14.5. The molecule has 0 amide bonds. The molecule has 0 atom stereocenters. The van der Waals surface area contributed by atoms with E-state index in [1.165, 1.54) is 13.0 Å². The fourth-order valence-electron chi connectivity index (χ4n) is 2.74. The van der Waals surface area contributed by atoms with Gasteiger partial charge in [-0.05, 0) is 36.8 Å². The lowest BCUT2D eigenvalue weighted by Gasteiger charge is -2.14. The molecule has 0 unspecified atom stereocenters. The van der Waals surface area contributed by atoms with Gasteiger partial charge in [-0.3, -0.25) is 9.36 Å². The van der Waals surface area contributed by atoms with E-state index in [4.69, 9.17) is 5.14 Å². The third-order valence-electron chi connectivity index (χ3n) is 4.08. The van der Waals surface area contributed by atoms with Crippen LogP contribution in [0.3, 0.4) is 0 Å². The first-order valence-corrected chi connectivity index (χ1v) is 10.1. The Labute approximate surface area is 164 Å². The van der Waals surface area contributed by atoms with E-state index >= 15 is 0 Å². The minimum absolute atomic E-state index is 0.0826. The van der Waals surface area contributed by atoms with Crippen molar-refractivity contribution in [3.8, 4) is 16.9 Å². The second-order valence-corrected chi connectivity index (χ2v) is 8.38. The molecule has 29 heavy (non-hydrogen) atoms. The molecule has 0 saturated carbocycles. The predicted octanol–water partition coefficient (Wildman–Crippen LogP) is 3.82. The van der Waals surface area contributed by atoms with Gasteiger partial charge in [-0.25, -0.2) is 22.3 Å². The Hall–Kier alpha value is -2.57. The van der Waals surface area contributed by atoms with Gasteiger partial charge in [-0.2, -0.15) is 13.2 Å². The van der Waals surface area contributed by atoms with E-state index in [1.807, 2.05) is 0 Å². The number of hydrogen-bond donors (Lipinski definition) is 1. The summed E-state index contributed by atoms with van der Waals surface area (Å²) in [5.41, 5.74) is -2.03. The van der Waals surface area contributed by atoms with Gasteiger partial charge in [0.05, 0.1) is 16.9 Å². The lowest BCUT2D eigenvalue weighted by Crippen LogP contribution is -2.16. The standard InChI is InChI=1S/C17H11F5N2O3S2/c1-8-2-3-9(4-11(8)17(20,21)22)24-14(7-28-16(24)25)10-5-13(19)15(6-12(10)18)29(23,26)27/h2-7H,1H3,(H2,23,26,27). The fourth-order valence-corrected chi connectivity index (χ4v) is 4.09. The number of nitrogens with two attached hydrogens (primary N) is 1. The number of rotatable bonds is 3. The van der Waals surface area contributed by atoms with Crippen molar-refractivity contribution < 1.29 is 30.4 Å². The molecule has 3 rings (SSSR count). The van der Waals surface area contributed by atoms with Crippen LogP contribution < -0.4 is 10.0 Å². The summed E-state index contributed by atoms with van der Waals surface area (Å²) in [6.45, 7) is 1.24. The first-order valence-electron chi connectivity index (χ1n) is 7.71. The predicted molar refractivity (Wildman–Crippen MR) is 96.4 cm³/mol. The summed E-state index contributed by atoms with van der Waals surface area (Å²) in [5, 5.41) is 5.95. The molecule has 3 aromatic rings. The molecular formula is C17H11F5N2O3S2. The van der Waals surface area contributed by atoms with Crippen LogP contribution >= 0.6 is 11.3 Å². The number of halogens is 5. The molecular weight excluding hydrogens is 439 g/mol. The third kappa shape index (κ3) is 3.95. The summed E-state index contributed by atoms with van der Waals surface area (Å²) in [6, 6.07) is 3.97. The molecule has 0 aliphatic carbocycles. The molecule has 0 aliphatic heterocycles. The molecule has 0 radical (unpaired) electrons. The van der Waals surface area contributed by atoms with Crippen LogP contribution in [0, 0.1) is 18.6 Å². The second kappa shape index (κ2) is 7.04.